The number of nitrogens with one attached hydrogen (secondary N) is 1. The Kier molecular flexibility index (Phi) is 2.11. The van der Waals surface area contributed by atoms with E-state index >= 15 is 0 Å². The van der Waals surface area contributed by atoms with Crippen LogP contribution >= 0.6 is 0 Å². The molecule has 0 bridgehead atoms. The summed E-state index contributed by atoms with van der Waals surface area (Å²) in [5.74, 6) is 1.22. The van der Waals surface area contributed by atoms with Gasteiger partial charge >= 0.3 is 0 Å². The molecule has 1 aliphatic rings. The monoisotopic (exact) mass is 229 g/mol. The topological polar surface area (TPSA) is 58.4 Å². The first-order valence-corrected chi connectivity index (χ1v) is 5.29. The van der Waals surface area contributed by atoms with E-state index in [1.54, 1.807) is 42.6 Å². The SMILES string of the molecule is CN1C(=O)c2cccnc2NC1c1ccco1. The fourth-order valence-electron chi connectivity index (χ4n) is 1.94. The van der Waals surface area contributed by atoms with Crippen molar-refractivity contribution >= 4 is 11.7 Å². The molecule has 1 atom stereocenters. The third-order valence-electron chi connectivity index (χ3n) is 2.83. The standard InChI is InChI=1S/C12H11N3O2/c1-15-11(9-5-3-7-17-9)14-10-8(12(15)16)4-2-6-13-10/h2-7,11H,1H3,(H,13,14). The smallest absolute Gasteiger partial charge is 0.259 e. The molecule has 0 aliphatic carbocycles. The van der Waals surface area contributed by atoms with Gasteiger partial charge in [-0.1, -0.05) is 0 Å². The van der Waals surface area contributed by atoms with E-state index in [4.69, 9.17) is 4.42 Å². The van der Waals surface area contributed by atoms with Gasteiger partial charge in [-0.15, -0.1) is 0 Å². The first-order chi connectivity index (χ1) is 8.27. The molecule has 0 saturated carbocycles. The minimum atomic E-state index is -0.306. The second kappa shape index (κ2) is 3.62. The number of furan rings is 1. The molecule has 1 amide bonds. The highest BCUT2D eigenvalue weighted by atomic mass is 16.3. The Bertz CT molecular complexity index is 551. The number of anilines is 1. The summed E-state index contributed by atoms with van der Waals surface area (Å²) in [7, 11) is 1.73. The normalized spacial score (nSPS) is 18.8. The molecule has 2 aromatic rings. The second-order valence-corrected chi connectivity index (χ2v) is 3.88. The zero-order valence-corrected chi connectivity index (χ0v) is 9.25. The van der Waals surface area contributed by atoms with Crippen LogP contribution in [0, 0.1) is 0 Å². The Morgan fingerprint density at radius 3 is 3.06 bits per heavy atom. The molecule has 1 aliphatic heterocycles. The zero-order valence-electron chi connectivity index (χ0n) is 9.25. The number of aromatic nitrogens is 1. The van der Waals surface area contributed by atoms with Crippen molar-refractivity contribution in [1.82, 2.24) is 9.88 Å². The average Bonchev–Trinajstić information content (AvgIpc) is 2.87. The van der Waals surface area contributed by atoms with E-state index in [9.17, 15) is 4.79 Å². The highest BCUT2D eigenvalue weighted by molar-refractivity contribution is 6.00. The second-order valence-electron chi connectivity index (χ2n) is 3.88. The highest BCUT2D eigenvalue weighted by Gasteiger charge is 2.32. The van der Waals surface area contributed by atoms with Gasteiger partial charge in [0.15, 0.2) is 6.17 Å². The first kappa shape index (κ1) is 9.89. The number of amides is 1. The number of hydrogen-bond acceptors (Lipinski definition) is 4. The maximum Gasteiger partial charge on any atom is 0.259 e. The molecule has 2 aromatic heterocycles. The van der Waals surface area contributed by atoms with Crippen molar-refractivity contribution in [1.29, 1.82) is 0 Å². The van der Waals surface area contributed by atoms with Gasteiger partial charge in [-0.3, -0.25) is 4.79 Å². The van der Waals surface area contributed by atoms with Crippen LogP contribution in [0.1, 0.15) is 22.3 Å². The minimum absolute atomic E-state index is 0.0618. The van der Waals surface area contributed by atoms with E-state index in [-0.39, 0.29) is 12.1 Å². The van der Waals surface area contributed by atoms with Gasteiger partial charge in [0.1, 0.15) is 11.6 Å². The lowest BCUT2D eigenvalue weighted by molar-refractivity contribution is 0.0717. The molecule has 3 rings (SSSR count). The first-order valence-electron chi connectivity index (χ1n) is 5.29. The molecule has 17 heavy (non-hydrogen) atoms. The Morgan fingerprint density at radius 2 is 2.29 bits per heavy atom. The van der Waals surface area contributed by atoms with Gasteiger partial charge in [0.2, 0.25) is 0 Å². The lowest BCUT2D eigenvalue weighted by Gasteiger charge is -2.33. The summed E-state index contributed by atoms with van der Waals surface area (Å²) < 4.78 is 5.32. The van der Waals surface area contributed by atoms with E-state index < -0.39 is 0 Å². The van der Waals surface area contributed by atoms with Crippen molar-refractivity contribution < 1.29 is 9.21 Å². The molecule has 0 spiro atoms. The van der Waals surface area contributed by atoms with Crippen LogP contribution in [0.4, 0.5) is 5.82 Å². The number of carbonyl (C=O) groups is 1. The Labute approximate surface area is 98.1 Å². The largest absolute Gasteiger partial charge is 0.465 e. The molecule has 1 unspecified atom stereocenters. The summed E-state index contributed by atoms with van der Waals surface area (Å²) in [6.45, 7) is 0. The molecule has 0 saturated heterocycles. The van der Waals surface area contributed by atoms with Crippen molar-refractivity contribution in [2.75, 3.05) is 12.4 Å². The minimum Gasteiger partial charge on any atom is -0.465 e. The molecular weight excluding hydrogens is 218 g/mol. The maximum atomic E-state index is 12.1. The third-order valence-corrected chi connectivity index (χ3v) is 2.83. The third kappa shape index (κ3) is 1.47. The molecule has 0 radical (unpaired) electrons. The van der Waals surface area contributed by atoms with Crippen LogP contribution in [0.2, 0.25) is 0 Å². The predicted molar refractivity (Wildman–Crippen MR) is 61.4 cm³/mol. The van der Waals surface area contributed by atoms with Gasteiger partial charge in [-0.25, -0.2) is 4.98 Å². The lowest BCUT2D eigenvalue weighted by Crippen LogP contribution is -2.40. The Balaban J connectivity index is 2.05. The quantitative estimate of drug-likeness (QED) is 0.811. The summed E-state index contributed by atoms with van der Waals surface area (Å²) in [4.78, 5) is 17.9. The van der Waals surface area contributed by atoms with Crippen molar-refractivity contribution in [3.8, 4) is 0 Å². The molecule has 5 heteroatoms. The highest BCUT2D eigenvalue weighted by Crippen LogP contribution is 2.30. The molecule has 5 nitrogen and oxygen atoms in total. The molecular formula is C12H11N3O2. The summed E-state index contributed by atoms with van der Waals surface area (Å²) >= 11 is 0. The number of fused-ring (bicyclic) bond motifs is 1. The van der Waals surface area contributed by atoms with Crippen molar-refractivity contribution in [2.24, 2.45) is 0 Å². The van der Waals surface area contributed by atoms with Crippen LogP contribution in [0.3, 0.4) is 0 Å². The van der Waals surface area contributed by atoms with Crippen LogP contribution in [0.5, 0.6) is 0 Å². The van der Waals surface area contributed by atoms with Gasteiger partial charge in [0.05, 0.1) is 11.8 Å². The molecule has 3 heterocycles. The van der Waals surface area contributed by atoms with E-state index in [0.29, 0.717) is 17.1 Å². The van der Waals surface area contributed by atoms with Crippen LogP contribution < -0.4 is 5.32 Å². The summed E-state index contributed by atoms with van der Waals surface area (Å²) in [6, 6.07) is 7.13. The van der Waals surface area contributed by atoms with Gasteiger partial charge < -0.3 is 14.6 Å². The summed E-state index contributed by atoms with van der Waals surface area (Å²) in [5, 5.41) is 3.18. The molecule has 86 valence electrons. The molecule has 0 aromatic carbocycles. The number of pyridine rings is 1. The summed E-state index contributed by atoms with van der Waals surface area (Å²) in [5.41, 5.74) is 0.581. The maximum absolute atomic E-state index is 12.1. The van der Waals surface area contributed by atoms with Crippen LogP contribution in [0.25, 0.3) is 0 Å². The number of carbonyl (C=O) groups excluding carboxylic acids is 1. The van der Waals surface area contributed by atoms with E-state index in [2.05, 4.69) is 10.3 Å². The zero-order chi connectivity index (χ0) is 11.8. The average molecular weight is 229 g/mol. The van der Waals surface area contributed by atoms with E-state index in [1.807, 2.05) is 6.07 Å². The van der Waals surface area contributed by atoms with E-state index in [0.717, 1.165) is 0 Å². The number of rotatable bonds is 1. The Morgan fingerprint density at radius 1 is 1.41 bits per heavy atom. The fourth-order valence-corrected chi connectivity index (χ4v) is 1.94. The van der Waals surface area contributed by atoms with Gasteiger partial charge in [0.25, 0.3) is 5.91 Å². The van der Waals surface area contributed by atoms with Gasteiger partial charge in [-0.2, -0.15) is 0 Å². The fraction of sp³-hybridized carbons (Fsp3) is 0.167. The molecule has 1 N–H and O–H groups in total. The number of nitrogens with zero attached hydrogens (tertiary/aromatic N) is 2. The van der Waals surface area contributed by atoms with Crippen molar-refractivity contribution in [3.05, 3.63) is 48.0 Å². The van der Waals surface area contributed by atoms with Crippen LogP contribution in [-0.4, -0.2) is 22.8 Å². The van der Waals surface area contributed by atoms with E-state index in [1.165, 1.54) is 0 Å². The Hall–Kier alpha value is -2.30. The number of hydrogen-bond donors (Lipinski definition) is 1. The van der Waals surface area contributed by atoms with Gasteiger partial charge in [-0.05, 0) is 24.3 Å². The van der Waals surface area contributed by atoms with Crippen molar-refractivity contribution in [2.45, 2.75) is 6.17 Å². The summed E-state index contributed by atoms with van der Waals surface area (Å²) in [6.07, 6.45) is 2.94. The van der Waals surface area contributed by atoms with Crippen LogP contribution in [-0.2, 0) is 0 Å². The molecule has 0 fully saturated rings. The van der Waals surface area contributed by atoms with Crippen LogP contribution in [0.15, 0.2) is 41.1 Å². The van der Waals surface area contributed by atoms with Gasteiger partial charge in [0, 0.05) is 13.2 Å². The predicted octanol–water partition coefficient (Wildman–Crippen LogP) is 1.87. The van der Waals surface area contributed by atoms with Crippen molar-refractivity contribution in [3.63, 3.8) is 0 Å². The lowest BCUT2D eigenvalue weighted by atomic mass is 10.1.